The maximum atomic E-state index is 5.81. The van der Waals surface area contributed by atoms with Crippen LogP contribution in [0.25, 0.3) is 0 Å². The van der Waals surface area contributed by atoms with Gasteiger partial charge in [-0.25, -0.2) is 0 Å². The molecule has 0 aromatic carbocycles. The summed E-state index contributed by atoms with van der Waals surface area (Å²) in [5.74, 6) is 6.39. The monoisotopic (exact) mass is 307 g/mol. The lowest BCUT2D eigenvalue weighted by Crippen LogP contribution is -2.34. The van der Waals surface area contributed by atoms with Crippen molar-refractivity contribution in [3.63, 3.8) is 0 Å². The van der Waals surface area contributed by atoms with Crippen LogP contribution >= 0.6 is 0 Å². The lowest BCUT2D eigenvalue weighted by Gasteiger charge is -2.27. The Morgan fingerprint density at radius 3 is 1.95 bits per heavy atom. The van der Waals surface area contributed by atoms with E-state index in [1.807, 2.05) is 20.0 Å². The smallest absolute Gasteiger partial charge is 0.0503 e. The van der Waals surface area contributed by atoms with Gasteiger partial charge in [0.05, 0.1) is 6.04 Å². The molecule has 1 aromatic heterocycles. The number of nitrogens with two attached hydrogens (primary N) is 1. The Hall–Kier alpha value is -0.930. The van der Waals surface area contributed by atoms with E-state index >= 15 is 0 Å². The Morgan fingerprint density at radius 1 is 1.09 bits per heavy atom. The van der Waals surface area contributed by atoms with E-state index in [0.29, 0.717) is 5.92 Å². The summed E-state index contributed by atoms with van der Waals surface area (Å²) in [6.45, 7) is 15.0. The van der Waals surface area contributed by atoms with Crippen molar-refractivity contribution < 1.29 is 0 Å². The molecule has 0 saturated carbocycles. The third kappa shape index (κ3) is 6.45. The Bertz CT molecular complexity index is 373. The highest BCUT2D eigenvalue weighted by Crippen LogP contribution is 2.30. The van der Waals surface area contributed by atoms with Gasteiger partial charge in [0.15, 0.2) is 0 Å². The number of pyridine rings is 1. The standard InChI is InChI=1S/C17H31N3.C2H6/c1-6-8-13(9-7-2)16(20-18)14-10-11-15(19-12-14)17(3,4)5;1-2/h10-13,16,20H,6-9,18H2,1-5H3;1-2H3. The minimum absolute atomic E-state index is 0.0937. The Kier molecular flexibility index (Phi) is 10.3. The van der Waals surface area contributed by atoms with Crippen LogP contribution in [0.15, 0.2) is 18.3 Å². The van der Waals surface area contributed by atoms with E-state index in [1.165, 1.54) is 31.2 Å². The van der Waals surface area contributed by atoms with Gasteiger partial charge in [-0.15, -0.1) is 0 Å². The maximum absolute atomic E-state index is 5.81. The molecular formula is C19H37N3. The molecule has 3 N–H and O–H groups in total. The molecule has 1 rings (SSSR count). The second kappa shape index (κ2) is 10.7. The largest absolute Gasteiger partial charge is 0.271 e. The first-order valence-electron chi connectivity index (χ1n) is 8.86. The van der Waals surface area contributed by atoms with E-state index in [2.05, 4.69) is 57.2 Å². The van der Waals surface area contributed by atoms with E-state index in [4.69, 9.17) is 5.84 Å². The van der Waals surface area contributed by atoms with Crippen LogP contribution in [0.4, 0.5) is 0 Å². The average Bonchev–Trinajstić information content (AvgIpc) is 2.50. The van der Waals surface area contributed by atoms with Gasteiger partial charge in [0, 0.05) is 17.3 Å². The number of nitrogens with one attached hydrogen (secondary N) is 1. The number of aromatic nitrogens is 1. The predicted octanol–water partition coefficient (Wildman–Crippen LogP) is 5.13. The molecule has 0 bridgehead atoms. The predicted molar refractivity (Wildman–Crippen MR) is 97.7 cm³/mol. The molecule has 128 valence electrons. The van der Waals surface area contributed by atoms with Gasteiger partial charge in [0.1, 0.15) is 0 Å². The van der Waals surface area contributed by atoms with Gasteiger partial charge in [-0.3, -0.25) is 16.3 Å². The van der Waals surface area contributed by atoms with Crippen LogP contribution in [-0.4, -0.2) is 4.98 Å². The molecule has 1 aromatic rings. The molecule has 0 saturated heterocycles. The molecular weight excluding hydrogens is 270 g/mol. The molecule has 0 radical (unpaired) electrons. The fourth-order valence-corrected chi connectivity index (χ4v) is 2.76. The second-order valence-electron chi connectivity index (χ2n) is 6.71. The lowest BCUT2D eigenvalue weighted by atomic mass is 9.86. The van der Waals surface area contributed by atoms with Crippen LogP contribution in [0.2, 0.25) is 0 Å². The van der Waals surface area contributed by atoms with Crippen molar-refractivity contribution in [3.05, 3.63) is 29.6 Å². The highest BCUT2D eigenvalue weighted by atomic mass is 15.2. The molecule has 0 amide bonds. The van der Waals surface area contributed by atoms with Crippen molar-refractivity contribution in [2.45, 2.75) is 85.6 Å². The molecule has 3 nitrogen and oxygen atoms in total. The number of hydrogen-bond donors (Lipinski definition) is 2. The van der Waals surface area contributed by atoms with Crippen molar-refractivity contribution in [1.82, 2.24) is 10.4 Å². The Morgan fingerprint density at radius 2 is 1.64 bits per heavy atom. The molecule has 0 aliphatic heterocycles. The van der Waals surface area contributed by atoms with Crippen LogP contribution in [0.3, 0.4) is 0 Å². The molecule has 3 heteroatoms. The van der Waals surface area contributed by atoms with Crippen LogP contribution in [0.5, 0.6) is 0 Å². The molecule has 1 heterocycles. The van der Waals surface area contributed by atoms with E-state index in [-0.39, 0.29) is 11.5 Å². The summed E-state index contributed by atoms with van der Waals surface area (Å²) < 4.78 is 0. The fraction of sp³-hybridized carbons (Fsp3) is 0.737. The minimum atomic E-state index is 0.0937. The van der Waals surface area contributed by atoms with E-state index in [0.717, 1.165) is 5.69 Å². The average molecular weight is 308 g/mol. The minimum Gasteiger partial charge on any atom is -0.271 e. The first kappa shape index (κ1) is 21.1. The van der Waals surface area contributed by atoms with Crippen molar-refractivity contribution >= 4 is 0 Å². The SMILES string of the molecule is CC.CCCC(CCC)C(NN)c1ccc(C(C)(C)C)nc1. The third-order valence-electron chi connectivity index (χ3n) is 3.88. The van der Waals surface area contributed by atoms with E-state index in [1.54, 1.807) is 0 Å². The first-order valence-corrected chi connectivity index (χ1v) is 8.86. The van der Waals surface area contributed by atoms with Crippen LogP contribution in [0.1, 0.15) is 91.4 Å². The van der Waals surface area contributed by atoms with Gasteiger partial charge in [-0.05, 0) is 30.4 Å². The van der Waals surface area contributed by atoms with Gasteiger partial charge in [0.25, 0.3) is 0 Å². The third-order valence-corrected chi connectivity index (χ3v) is 3.88. The van der Waals surface area contributed by atoms with Crippen molar-refractivity contribution in [2.75, 3.05) is 0 Å². The van der Waals surface area contributed by atoms with Crippen LogP contribution < -0.4 is 11.3 Å². The summed E-state index contributed by atoms with van der Waals surface area (Å²) in [7, 11) is 0. The highest BCUT2D eigenvalue weighted by Gasteiger charge is 2.22. The fourth-order valence-electron chi connectivity index (χ4n) is 2.76. The molecule has 0 spiro atoms. The molecule has 0 aliphatic rings. The van der Waals surface area contributed by atoms with Crippen LogP contribution in [0, 0.1) is 5.92 Å². The van der Waals surface area contributed by atoms with Crippen molar-refractivity contribution in [2.24, 2.45) is 11.8 Å². The number of hydrogen-bond acceptors (Lipinski definition) is 3. The van der Waals surface area contributed by atoms with Gasteiger partial charge < -0.3 is 0 Å². The summed E-state index contributed by atoms with van der Waals surface area (Å²) in [6.07, 6.45) is 6.77. The normalized spacial score (nSPS) is 12.8. The highest BCUT2D eigenvalue weighted by molar-refractivity contribution is 5.22. The molecule has 22 heavy (non-hydrogen) atoms. The number of nitrogens with zero attached hydrogens (tertiary/aromatic N) is 1. The molecule has 1 atom stereocenters. The molecule has 1 unspecified atom stereocenters. The summed E-state index contributed by atoms with van der Waals surface area (Å²) in [5, 5.41) is 0. The maximum Gasteiger partial charge on any atom is 0.0503 e. The zero-order valence-corrected chi connectivity index (χ0v) is 15.7. The van der Waals surface area contributed by atoms with Crippen molar-refractivity contribution in [3.8, 4) is 0 Å². The van der Waals surface area contributed by atoms with Crippen LogP contribution in [-0.2, 0) is 5.41 Å². The summed E-state index contributed by atoms with van der Waals surface area (Å²) in [4.78, 5) is 4.63. The summed E-state index contributed by atoms with van der Waals surface area (Å²) >= 11 is 0. The summed E-state index contributed by atoms with van der Waals surface area (Å²) in [5.41, 5.74) is 5.43. The van der Waals surface area contributed by atoms with E-state index < -0.39 is 0 Å². The lowest BCUT2D eigenvalue weighted by molar-refractivity contribution is 0.318. The quantitative estimate of drug-likeness (QED) is 0.542. The Balaban J connectivity index is 0.00000211. The first-order chi connectivity index (χ1) is 10.4. The number of hydrazine groups is 1. The van der Waals surface area contributed by atoms with E-state index in [9.17, 15) is 0 Å². The zero-order valence-electron chi connectivity index (χ0n) is 15.7. The van der Waals surface area contributed by atoms with Gasteiger partial charge >= 0.3 is 0 Å². The number of rotatable bonds is 7. The topological polar surface area (TPSA) is 50.9 Å². The molecule has 0 aliphatic carbocycles. The van der Waals surface area contributed by atoms with Gasteiger partial charge in [0.2, 0.25) is 0 Å². The second-order valence-corrected chi connectivity index (χ2v) is 6.71. The van der Waals surface area contributed by atoms with Crippen molar-refractivity contribution in [1.29, 1.82) is 0 Å². The molecule has 0 fully saturated rings. The zero-order chi connectivity index (χ0) is 17.2. The van der Waals surface area contributed by atoms with Gasteiger partial charge in [-0.1, -0.05) is 67.4 Å². The van der Waals surface area contributed by atoms with Gasteiger partial charge in [-0.2, -0.15) is 0 Å². The Labute approximate surface area is 138 Å². The summed E-state index contributed by atoms with van der Waals surface area (Å²) in [6, 6.07) is 4.52.